The maximum absolute atomic E-state index is 12.0. The standard InChI is InChI=1S/C18H31N5O3S/c1-6-7-16-21-17-15(12-14(4)20-18(17)19)23(16)9-11-26-10-8-22(5)27(24,25)13(2)3/h12-13H,6-11H2,1-5H3,(H2,19,20). The highest BCUT2D eigenvalue weighted by atomic mass is 32.2. The second kappa shape index (κ2) is 8.99. The summed E-state index contributed by atoms with van der Waals surface area (Å²) in [6.07, 6.45) is 1.83. The van der Waals surface area contributed by atoms with Gasteiger partial charge in [0.05, 0.1) is 24.0 Å². The van der Waals surface area contributed by atoms with E-state index in [-0.39, 0.29) is 0 Å². The van der Waals surface area contributed by atoms with Crippen molar-refractivity contribution < 1.29 is 13.2 Å². The topological polar surface area (TPSA) is 103 Å². The lowest BCUT2D eigenvalue weighted by Crippen LogP contribution is -2.35. The smallest absolute Gasteiger partial charge is 0.216 e. The van der Waals surface area contributed by atoms with Crippen LogP contribution in [0.15, 0.2) is 6.07 Å². The monoisotopic (exact) mass is 397 g/mol. The molecule has 27 heavy (non-hydrogen) atoms. The summed E-state index contributed by atoms with van der Waals surface area (Å²) in [6.45, 7) is 9.16. The van der Waals surface area contributed by atoms with Crippen LogP contribution in [-0.4, -0.2) is 59.3 Å². The van der Waals surface area contributed by atoms with Crippen LogP contribution in [0.3, 0.4) is 0 Å². The van der Waals surface area contributed by atoms with Gasteiger partial charge >= 0.3 is 0 Å². The number of hydrogen-bond donors (Lipinski definition) is 1. The van der Waals surface area contributed by atoms with Gasteiger partial charge in [0.1, 0.15) is 11.3 Å². The van der Waals surface area contributed by atoms with Crippen molar-refractivity contribution in [2.75, 3.05) is 32.5 Å². The number of sulfonamides is 1. The highest BCUT2D eigenvalue weighted by molar-refractivity contribution is 7.89. The summed E-state index contributed by atoms with van der Waals surface area (Å²) in [4.78, 5) is 8.95. The molecule has 0 aliphatic heterocycles. The van der Waals surface area contributed by atoms with Crippen molar-refractivity contribution in [3.05, 3.63) is 17.6 Å². The third-order valence-corrected chi connectivity index (χ3v) is 6.73. The van der Waals surface area contributed by atoms with Gasteiger partial charge in [0.25, 0.3) is 0 Å². The Morgan fingerprint density at radius 1 is 1.30 bits per heavy atom. The Kier molecular flexibility index (Phi) is 7.19. The molecule has 2 aromatic heterocycles. The molecule has 0 radical (unpaired) electrons. The SMILES string of the molecule is CCCc1nc2c(N)nc(C)cc2n1CCOCCN(C)S(=O)(=O)C(C)C. The van der Waals surface area contributed by atoms with E-state index in [1.165, 1.54) is 4.31 Å². The average molecular weight is 398 g/mol. The number of fused-ring (bicyclic) bond motifs is 1. The van der Waals surface area contributed by atoms with E-state index in [1.807, 2.05) is 13.0 Å². The number of aromatic nitrogens is 3. The number of nitrogens with two attached hydrogens (primary N) is 1. The predicted molar refractivity (Wildman–Crippen MR) is 108 cm³/mol. The lowest BCUT2D eigenvalue weighted by Gasteiger charge is -2.19. The summed E-state index contributed by atoms with van der Waals surface area (Å²) in [5.41, 5.74) is 8.57. The van der Waals surface area contributed by atoms with Crippen molar-refractivity contribution in [3.8, 4) is 0 Å². The van der Waals surface area contributed by atoms with E-state index in [0.29, 0.717) is 32.1 Å². The van der Waals surface area contributed by atoms with Crippen molar-refractivity contribution in [2.45, 2.75) is 52.3 Å². The summed E-state index contributed by atoms with van der Waals surface area (Å²) in [6, 6.07) is 1.99. The van der Waals surface area contributed by atoms with Gasteiger partial charge in [0.15, 0.2) is 5.82 Å². The number of hydrogen-bond acceptors (Lipinski definition) is 6. The molecule has 0 aromatic carbocycles. The van der Waals surface area contributed by atoms with Crippen LogP contribution < -0.4 is 5.73 Å². The molecule has 152 valence electrons. The number of ether oxygens (including phenoxy) is 1. The summed E-state index contributed by atoms with van der Waals surface area (Å²) in [7, 11) is -1.66. The molecule has 0 saturated carbocycles. The Labute approximate surface area is 161 Å². The number of pyridine rings is 1. The van der Waals surface area contributed by atoms with Crippen LogP contribution >= 0.6 is 0 Å². The molecule has 0 fully saturated rings. The van der Waals surface area contributed by atoms with Gasteiger partial charge in [0, 0.05) is 32.3 Å². The number of anilines is 1. The lowest BCUT2D eigenvalue weighted by atomic mass is 10.3. The molecule has 9 heteroatoms. The normalized spacial score (nSPS) is 12.6. The Morgan fingerprint density at radius 3 is 2.63 bits per heavy atom. The van der Waals surface area contributed by atoms with Crippen molar-refractivity contribution in [2.24, 2.45) is 0 Å². The summed E-state index contributed by atoms with van der Waals surface area (Å²) in [5.74, 6) is 1.41. The van der Waals surface area contributed by atoms with Crippen LogP contribution in [-0.2, 0) is 27.7 Å². The van der Waals surface area contributed by atoms with Crippen LogP contribution in [0.5, 0.6) is 0 Å². The molecule has 0 amide bonds. The maximum Gasteiger partial charge on any atom is 0.216 e. The van der Waals surface area contributed by atoms with E-state index >= 15 is 0 Å². The second-order valence-electron chi connectivity index (χ2n) is 6.97. The summed E-state index contributed by atoms with van der Waals surface area (Å²) >= 11 is 0. The molecule has 0 aliphatic rings. The predicted octanol–water partition coefficient (Wildman–Crippen LogP) is 1.96. The number of nitrogens with zero attached hydrogens (tertiary/aromatic N) is 4. The van der Waals surface area contributed by atoms with E-state index in [1.54, 1.807) is 20.9 Å². The van der Waals surface area contributed by atoms with E-state index in [4.69, 9.17) is 10.5 Å². The first-order valence-electron chi connectivity index (χ1n) is 9.33. The number of likely N-dealkylation sites (N-methyl/N-ethyl adjacent to an activating group) is 1. The van der Waals surface area contributed by atoms with Crippen molar-refractivity contribution in [3.63, 3.8) is 0 Å². The summed E-state index contributed by atoms with van der Waals surface area (Å²) in [5, 5.41) is -0.432. The van der Waals surface area contributed by atoms with Gasteiger partial charge in [-0.15, -0.1) is 0 Å². The average Bonchev–Trinajstić information content (AvgIpc) is 2.92. The molecule has 0 spiro atoms. The molecular weight excluding hydrogens is 366 g/mol. The fourth-order valence-electron chi connectivity index (χ4n) is 2.92. The largest absolute Gasteiger partial charge is 0.382 e. The minimum atomic E-state index is -3.24. The molecule has 0 atom stereocenters. The zero-order chi connectivity index (χ0) is 20.2. The van der Waals surface area contributed by atoms with Crippen LogP contribution in [0.1, 0.15) is 38.7 Å². The molecule has 2 N–H and O–H groups in total. The van der Waals surface area contributed by atoms with Crippen LogP contribution in [0.4, 0.5) is 5.82 Å². The third-order valence-electron chi connectivity index (χ3n) is 4.48. The molecular formula is C18H31N5O3S. The molecule has 8 nitrogen and oxygen atoms in total. The van der Waals surface area contributed by atoms with E-state index in [0.717, 1.165) is 35.4 Å². The fourth-order valence-corrected chi connectivity index (χ4v) is 3.97. The zero-order valence-corrected chi connectivity index (χ0v) is 17.7. The second-order valence-corrected chi connectivity index (χ2v) is 9.57. The van der Waals surface area contributed by atoms with Crippen LogP contribution in [0.2, 0.25) is 0 Å². The van der Waals surface area contributed by atoms with Gasteiger partial charge in [0.2, 0.25) is 10.0 Å². The molecule has 0 unspecified atom stereocenters. The van der Waals surface area contributed by atoms with Crippen LogP contribution in [0.25, 0.3) is 11.0 Å². The number of aryl methyl sites for hydroxylation is 2. The first-order chi connectivity index (χ1) is 12.7. The minimum absolute atomic E-state index is 0.336. The molecule has 2 rings (SSSR count). The van der Waals surface area contributed by atoms with E-state index < -0.39 is 15.3 Å². The Bertz CT molecular complexity index is 877. The van der Waals surface area contributed by atoms with Crippen molar-refractivity contribution >= 4 is 26.9 Å². The molecule has 0 bridgehead atoms. The molecule has 0 aliphatic carbocycles. The molecule has 2 heterocycles. The first kappa shape index (κ1) is 21.6. The Balaban J connectivity index is 2.01. The van der Waals surface area contributed by atoms with Crippen molar-refractivity contribution in [1.29, 1.82) is 0 Å². The number of nitrogen functional groups attached to an aromatic ring is 1. The summed E-state index contributed by atoms with van der Waals surface area (Å²) < 4.78 is 33.3. The van der Waals surface area contributed by atoms with Gasteiger partial charge in [-0.1, -0.05) is 6.92 Å². The zero-order valence-electron chi connectivity index (χ0n) is 16.9. The third kappa shape index (κ3) is 4.97. The van der Waals surface area contributed by atoms with Crippen molar-refractivity contribution in [1.82, 2.24) is 18.8 Å². The maximum atomic E-state index is 12.0. The van der Waals surface area contributed by atoms with Gasteiger partial charge in [-0.25, -0.2) is 22.7 Å². The Morgan fingerprint density at radius 2 is 2.00 bits per heavy atom. The van der Waals surface area contributed by atoms with Gasteiger partial charge < -0.3 is 15.0 Å². The Hall–Kier alpha value is -1.71. The number of imidazole rings is 1. The lowest BCUT2D eigenvalue weighted by molar-refractivity contribution is 0.119. The number of rotatable bonds is 10. The van der Waals surface area contributed by atoms with E-state index in [9.17, 15) is 8.42 Å². The quantitative estimate of drug-likeness (QED) is 0.615. The first-order valence-corrected chi connectivity index (χ1v) is 10.8. The highest BCUT2D eigenvalue weighted by Gasteiger charge is 2.21. The fraction of sp³-hybridized carbons (Fsp3) is 0.667. The van der Waals surface area contributed by atoms with Gasteiger partial charge in [-0.2, -0.15) is 0 Å². The van der Waals surface area contributed by atoms with Crippen LogP contribution in [0, 0.1) is 6.92 Å². The van der Waals surface area contributed by atoms with Gasteiger partial charge in [-0.3, -0.25) is 0 Å². The van der Waals surface area contributed by atoms with E-state index in [2.05, 4.69) is 21.5 Å². The molecule has 2 aromatic rings. The minimum Gasteiger partial charge on any atom is -0.382 e. The molecule has 0 saturated heterocycles. The van der Waals surface area contributed by atoms with Gasteiger partial charge in [-0.05, 0) is 33.3 Å². The highest BCUT2D eigenvalue weighted by Crippen LogP contribution is 2.22.